The van der Waals surface area contributed by atoms with Crippen molar-refractivity contribution in [1.82, 2.24) is 14.9 Å². The Kier molecular flexibility index (Phi) is 5.35. The molecule has 0 unspecified atom stereocenters. The molecular formula is C23H24N4O3. The second kappa shape index (κ2) is 8.59. The first-order valence-electron chi connectivity index (χ1n) is 10.2. The summed E-state index contributed by atoms with van der Waals surface area (Å²) >= 11 is 0. The molecule has 7 heteroatoms. The number of rotatable bonds is 6. The number of anilines is 1. The lowest BCUT2D eigenvalue weighted by Crippen LogP contribution is -2.46. The molecule has 0 aliphatic carbocycles. The van der Waals surface area contributed by atoms with Gasteiger partial charge in [-0.1, -0.05) is 12.1 Å². The third kappa shape index (κ3) is 4.31. The van der Waals surface area contributed by atoms with E-state index in [9.17, 15) is 0 Å². The van der Waals surface area contributed by atoms with Gasteiger partial charge in [0.05, 0.1) is 0 Å². The summed E-state index contributed by atoms with van der Waals surface area (Å²) in [5.41, 5.74) is 2.33. The molecule has 30 heavy (non-hydrogen) atoms. The number of piperazine rings is 1. The highest BCUT2D eigenvalue weighted by Crippen LogP contribution is 2.33. The van der Waals surface area contributed by atoms with Gasteiger partial charge in [-0.15, -0.1) is 0 Å². The summed E-state index contributed by atoms with van der Waals surface area (Å²) in [7, 11) is 0. The third-order valence-electron chi connectivity index (χ3n) is 5.38. The highest BCUT2D eigenvalue weighted by atomic mass is 16.7. The van der Waals surface area contributed by atoms with Gasteiger partial charge in [-0.2, -0.15) is 4.98 Å². The van der Waals surface area contributed by atoms with Gasteiger partial charge in [-0.3, -0.25) is 9.88 Å². The van der Waals surface area contributed by atoms with E-state index < -0.39 is 0 Å². The summed E-state index contributed by atoms with van der Waals surface area (Å²) in [6.45, 7) is 5.55. The van der Waals surface area contributed by atoms with Crippen LogP contribution < -0.4 is 19.1 Å². The average Bonchev–Trinajstić information content (AvgIpc) is 3.27. The van der Waals surface area contributed by atoms with Crippen LogP contribution in [0.4, 0.5) is 5.82 Å². The predicted octanol–water partition coefficient (Wildman–Crippen LogP) is 3.11. The van der Waals surface area contributed by atoms with Gasteiger partial charge in [0.15, 0.2) is 11.5 Å². The van der Waals surface area contributed by atoms with E-state index >= 15 is 0 Å². The second-order valence-corrected chi connectivity index (χ2v) is 7.43. The van der Waals surface area contributed by atoms with Crippen LogP contribution in [0.2, 0.25) is 0 Å². The van der Waals surface area contributed by atoms with Crippen molar-refractivity contribution < 1.29 is 14.2 Å². The maximum Gasteiger partial charge on any atom is 0.231 e. The summed E-state index contributed by atoms with van der Waals surface area (Å²) < 4.78 is 16.7. The summed E-state index contributed by atoms with van der Waals surface area (Å²) in [5, 5.41) is 0. The molecule has 2 aliphatic heterocycles. The summed E-state index contributed by atoms with van der Waals surface area (Å²) in [6, 6.07) is 16.0. The quantitative estimate of drug-likeness (QED) is 0.626. The highest BCUT2D eigenvalue weighted by Gasteiger charge is 2.20. The summed E-state index contributed by atoms with van der Waals surface area (Å²) in [6.07, 6.45) is 3.54. The van der Waals surface area contributed by atoms with E-state index in [-0.39, 0.29) is 0 Å². The predicted molar refractivity (Wildman–Crippen MR) is 113 cm³/mol. The Morgan fingerprint density at radius 2 is 1.70 bits per heavy atom. The lowest BCUT2D eigenvalue weighted by atomic mass is 10.1. The Labute approximate surface area is 175 Å². The fourth-order valence-corrected chi connectivity index (χ4v) is 3.73. The number of benzene rings is 1. The molecule has 0 N–H and O–H groups in total. The maximum atomic E-state index is 5.86. The molecule has 1 saturated heterocycles. The fourth-order valence-electron chi connectivity index (χ4n) is 3.73. The number of hydrogen-bond donors (Lipinski definition) is 0. The van der Waals surface area contributed by atoms with Crippen molar-refractivity contribution in [3.63, 3.8) is 0 Å². The molecule has 0 bridgehead atoms. The van der Waals surface area contributed by atoms with Gasteiger partial charge in [0, 0.05) is 51.2 Å². The molecule has 154 valence electrons. The molecule has 2 aliphatic rings. The third-order valence-corrected chi connectivity index (χ3v) is 5.38. The lowest BCUT2D eigenvalue weighted by Gasteiger charge is -2.35. The Morgan fingerprint density at radius 3 is 2.57 bits per heavy atom. The first kappa shape index (κ1) is 18.7. The molecule has 0 saturated carbocycles. The van der Waals surface area contributed by atoms with E-state index in [1.54, 1.807) is 12.4 Å². The standard InChI is InChI=1S/C23H24N4O3/c1-2-22(25-23(3-1)28-16-18-6-8-24-9-7-18)27-12-10-26(11-13-27)15-19-4-5-20-21(14-19)30-17-29-20/h1-9,14H,10-13,15-17H2. The number of ether oxygens (including phenoxy) is 3. The molecule has 4 heterocycles. The van der Waals surface area contributed by atoms with Crippen LogP contribution in [0.1, 0.15) is 11.1 Å². The van der Waals surface area contributed by atoms with Crippen LogP contribution in [0, 0.1) is 0 Å². The zero-order valence-electron chi connectivity index (χ0n) is 16.7. The number of pyridine rings is 2. The minimum atomic E-state index is 0.315. The van der Waals surface area contributed by atoms with E-state index in [0.29, 0.717) is 19.3 Å². The largest absolute Gasteiger partial charge is 0.473 e. The molecule has 1 aromatic carbocycles. The van der Waals surface area contributed by atoms with E-state index in [2.05, 4.69) is 26.9 Å². The Hall–Kier alpha value is -3.32. The van der Waals surface area contributed by atoms with Gasteiger partial charge in [-0.25, -0.2) is 0 Å². The van der Waals surface area contributed by atoms with Crippen molar-refractivity contribution >= 4 is 5.82 Å². The first-order chi connectivity index (χ1) is 14.8. The smallest absolute Gasteiger partial charge is 0.231 e. The maximum absolute atomic E-state index is 5.86. The van der Waals surface area contributed by atoms with Crippen LogP contribution in [0.15, 0.2) is 60.9 Å². The summed E-state index contributed by atoms with van der Waals surface area (Å²) in [4.78, 5) is 13.5. The van der Waals surface area contributed by atoms with E-state index in [1.807, 2.05) is 36.4 Å². The highest BCUT2D eigenvalue weighted by molar-refractivity contribution is 5.45. The van der Waals surface area contributed by atoms with Gasteiger partial charge in [-0.05, 0) is 41.5 Å². The second-order valence-electron chi connectivity index (χ2n) is 7.43. The molecule has 0 spiro atoms. The molecule has 7 nitrogen and oxygen atoms in total. The summed E-state index contributed by atoms with van der Waals surface area (Å²) in [5.74, 6) is 3.29. The number of hydrogen-bond acceptors (Lipinski definition) is 7. The van der Waals surface area contributed by atoms with Crippen LogP contribution in [0.3, 0.4) is 0 Å². The minimum Gasteiger partial charge on any atom is -0.473 e. The number of nitrogens with zero attached hydrogens (tertiary/aromatic N) is 4. The Morgan fingerprint density at radius 1 is 0.867 bits per heavy atom. The van der Waals surface area contributed by atoms with E-state index in [4.69, 9.17) is 19.2 Å². The van der Waals surface area contributed by atoms with Gasteiger partial charge in [0.1, 0.15) is 12.4 Å². The Balaban J connectivity index is 1.15. The molecule has 0 atom stereocenters. The van der Waals surface area contributed by atoms with Gasteiger partial charge >= 0.3 is 0 Å². The van der Waals surface area contributed by atoms with Crippen molar-refractivity contribution in [1.29, 1.82) is 0 Å². The van der Waals surface area contributed by atoms with Crippen molar-refractivity contribution in [2.24, 2.45) is 0 Å². The topological polar surface area (TPSA) is 60.0 Å². The van der Waals surface area contributed by atoms with Crippen LogP contribution >= 0.6 is 0 Å². The lowest BCUT2D eigenvalue weighted by molar-refractivity contribution is 0.174. The zero-order valence-corrected chi connectivity index (χ0v) is 16.7. The molecule has 3 aromatic rings. The normalized spacial score (nSPS) is 15.9. The first-order valence-corrected chi connectivity index (χ1v) is 10.2. The molecule has 0 radical (unpaired) electrons. The minimum absolute atomic E-state index is 0.315. The molecular weight excluding hydrogens is 380 g/mol. The van der Waals surface area contributed by atoms with Gasteiger partial charge in [0.25, 0.3) is 0 Å². The molecule has 2 aromatic heterocycles. The average molecular weight is 404 g/mol. The van der Waals surface area contributed by atoms with Crippen molar-refractivity contribution in [3.8, 4) is 17.4 Å². The van der Waals surface area contributed by atoms with Crippen LogP contribution in [-0.4, -0.2) is 47.8 Å². The van der Waals surface area contributed by atoms with Crippen LogP contribution in [-0.2, 0) is 13.2 Å². The Bertz CT molecular complexity index is 991. The fraction of sp³-hybridized carbons (Fsp3) is 0.304. The van der Waals surface area contributed by atoms with Crippen molar-refractivity contribution in [2.45, 2.75) is 13.2 Å². The van der Waals surface area contributed by atoms with Gasteiger partial charge < -0.3 is 19.1 Å². The van der Waals surface area contributed by atoms with E-state index in [1.165, 1.54) is 5.56 Å². The van der Waals surface area contributed by atoms with Crippen molar-refractivity contribution in [3.05, 3.63) is 72.1 Å². The number of aromatic nitrogens is 2. The SMILES string of the molecule is c1cc(OCc2ccncc2)nc(N2CCN(Cc3ccc4c(c3)OCO4)CC2)c1. The van der Waals surface area contributed by atoms with Crippen LogP contribution in [0.5, 0.6) is 17.4 Å². The molecule has 1 fully saturated rings. The molecule has 0 amide bonds. The number of fused-ring (bicyclic) bond motifs is 1. The monoisotopic (exact) mass is 404 g/mol. The van der Waals surface area contributed by atoms with Gasteiger partial charge in [0.2, 0.25) is 12.7 Å². The van der Waals surface area contributed by atoms with E-state index in [0.717, 1.165) is 55.6 Å². The van der Waals surface area contributed by atoms with Crippen molar-refractivity contribution in [2.75, 3.05) is 37.9 Å². The zero-order chi connectivity index (χ0) is 20.2. The molecule has 5 rings (SSSR count). The van der Waals surface area contributed by atoms with Crippen LogP contribution in [0.25, 0.3) is 0 Å².